The fourth-order valence-electron chi connectivity index (χ4n) is 1.63. The van der Waals surface area contributed by atoms with Gasteiger partial charge >= 0.3 is 5.97 Å². The van der Waals surface area contributed by atoms with Crippen molar-refractivity contribution in [2.24, 2.45) is 0 Å². The average Bonchev–Trinajstić information content (AvgIpc) is 2.41. The first-order valence-electron chi connectivity index (χ1n) is 5.77. The van der Waals surface area contributed by atoms with E-state index in [0.717, 1.165) is 6.07 Å². The molecule has 8 heteroatoms. The Morgan fingerprint density at radius 3 is 2.67 bits per heavy atom. The van der Waals surface area contributed by atoms with E-state index in [2.05, 4.69) is 25.6 Å². The summed E-state index contributed by atoms with van der Waals surface area (Å²) in [5, 5.41) is 9.04. The second-order valence-electron chi connectivity index (χ2n) is 4.24. The van der Waals surface area contributed by atoms with Crippen LogP contribution in [0.15, 0.2) is 46.0 Å². The fourth-order valence-corrected chi connectivity index (χ4v) is 3.20. The Balaban J connectivity index is 2.43. The van der Waals surface area contributed by atoms with Gasteiger partial charge < -0.3 is 5.11 Å². The number of carboxylic acid groups (broad SMARTS) is 1. The van der Waals surface area contributed by atoms with Crippen molar-refractivity contribution < 1.29 is 18.3 Å². The van der Waals surface area contributed by atoms with Crippen LogP contribution in [0.5, 0.6) is 0 Å². The highest BCUT2D eigenvalue weighted by atomic mass is 79.9. The topological polar surface area (TPSA) is 96.4 Å². The first-order valence-corrected chi connectivity index (χ1v) is 8.05. The van der Waals surface area contributed by atoms with Gasteiger partial charge in [0.1, 0.15) is 0 Å². The molecule has 2 N–H and O–H groups in total. The second-order valence-corrected chi connectivity index (χ2v) is 6.78. The molecule has 6 nitrogen and oxygen atoms in total. The van der Waals surface area contributed by atoms with Crippen molar-refractivity contribution in [3.8, 4) is 0 Å². The maximum Gasteiger partial charge on any atom is 0.336 e. The monoisotopic (exact) mass is 370 g/mol. The van der Waals surface area contributed by atoms with Crippen molar-refractivity contribution in [3.05, 3.63) is 52.3 Å². The Hall–Kier alpha value is -1.93. The van der Waals surface area contributed by atoms with Crippen molar-refractivity contribution in [1.82, 2.24) is 4.98 Å². The van der Waals surface area contributed by atoms with Crippen LogP contribution in [0.1, 0.15) is 15.9 Å². The molecule has 1 aromatic heterocycles. The van der Waals surface area contributed by atoms with Crippen LogP contribution >= 0.6 is 15.9 Å². The minimum atomic E-state index is -3.87. The molecule has 0 spiro atoms. The zero-order valence-corrected chi connectivity index (χ0v) is 13.3. The normalized spacial score (nSPS) is 11.1. The highest BCUT2D eigenvalue weighted by Crippen LogP contribution is 2.23. The SMILES string of the molecule is Cc1cnccc1NS(=O)(=O)c1ccc(Br)c(C(=O)O)c1. The molecule has 0 aliphatic heterocycles. The number of anilines is 1. The van der Waals surface area contributed by atoms with Gasteiger partial charge in [-0.2, -0.15) is 0 Å². The van der Waals surface area contributed by atoms with Crippen LogP contribution in [-0.2, 0) is 10.0 Å². The zero-order valence-electron chi connectivity index (χ0n) is 10.9. The number of sulfonamides is 1. The number of aromatic nitrogens is 1. The summed E-state index contributed by atoms with van der Waals surface area (Å²) in [6.45, 7) is 1.72. The van der Waals surface area contributed by atoms with E-state index in [1.165, 1.54) is 30.6 Å². The van der Waals surface area contributed by atoms with Gasteiger partial charge in [0.05, 0.1) is 16.1 Å². The van der Waals surface area contributed by atoms with Crippen molar-refractivity contribution in [2.45, 2.75) is 11.8 Å². The van der Waals surface area contributed by atoms with Gasteiger partial charge in [-0.15, -0.1) is 0 Å². The Morgan fingerprint density at radius 2 is 2.05 bits per heavy atom. The fraction of sp³-hybridized carbons (Fsp3) is 0.0769. The van der Waals surface area contributed by atoms with Crippen molar-refractivity contribution >= 4 is 37.6 Å². The molecule has 0 atom stereocenters. The third kappa shape index (κ3) is 3.40. The molecule has 0 aliphatic rings. The number of aromatic carboxylic acids is 1. The van der Waals surface area contributed by atoms with Crippen LogP contribution in [0.4, 0.5) is 5.69 Å². The van der Waals surface area contributed by atoms with E-state index in [0.29, 0.717) is 15.7 Å². The zero-order chi connectivity index (χ0) is 15.6. The molecule has 1 aromatic carbocycles. The third-order valence-corrected chi connectivity index (χ3v) is 4.80. The van der Waals surface area contributed by atoms with Crippen molar-refractivity contribution in [1.29, 1.82) is 0 Å². The molecule has 110 valence electrons. The number of aryl methyl sites for hydroxylation is 1. The summed E-state index contributed by atoms with van der Waals surface area (Å²) in [6, 6.07) is 5.35. The van der Waals surface area contributed by atoms with Crippen molar-refractivity contribution in [2.75, 3.05) is 4.72 Å². The predicted molar refractivity (Wildman–Crippen MR) is 80.9 cm³/mol. The number of pyridine rings is 1. The Bertz CT molecular complexity index is 806. The number of nitrogens with zero attached hydrogens (tertiary/aromatic N) is 1. The average molecular weight is 371 g/mol. The third-order valence-electron chi connectivity index (χ3n) is 2.74. The van der Waals surface area contributed by atoms with Gasteiger partial charge in [0, 0.05) is 16.9 Å². The maximum atomic E-state index is 12.3. The summed E-state index contributed by atoms with van der Waals surface area (Å²) in [4.78, 5) is 14.8. The minimum Gasteiger partial charge on any atom is -0.478 e. The van der Waals surface area contributed by atoms with Crippen LogP contribution in [0, 0.1) is 6.92 Å². The quantitative estimate of drug-likeness (QED) is 0.862. The molecular weight excluding hydrogens is 360 g/mol. The smallest absolute Gasteiger partial charge is 0.336 e. The molecule has 0 saturated carbocycles. The summed E-state index contributed by atoms with van der Waals surface area (Å²) in [5.41, 5.74) is 0.936. The standard InChI is InChI=1S/C13H11BrN2O4S/c1-8-7-15-5-4-12(8)16-21(19,20)9-2-3-11(14)10(6-9)13(17)18/h2-7H,1H3,(H,15,16)(H,17,18). The number of hydrogen-bond acceptors (Lipinski definition) is 4. The van der Waals surface area contributed by atoms with E-state index in [1.807, 2.05) is 0 Å². The number of nitrogens with one attached hydrogen (secondary N) is 1. The lowest BCUT2D eigenvalue weighted by molar-refractivity contribution is 0.0695. The predicted octanol–water partition coefficient (Wildman–Crippen LogP) is 2.65. The number of hydrogen-bond donors (Lipinski definition) is 2. The Labute approximate surface area is 130 Å². The summed E-state index contributed by atoms with van der Waals surface area (Å²) >= 11 is 3.07. The first kappa shape index (κ1) is 15.5. The van der Waals surface area contributed by atoms with E-state index in [1.54, 1.807) is 6.92 Å². The summed E-state index contributed by atoms with van der Waals surface area (Å²) in [7, 11) is -3.87. The molecule has 0 saturated heterocycles. The van der Waals surface area contributed by atoms with Gasteiger partial charge in [-0.1, -0.05) is 0 Å². The van der Waals surface area contributed by atoms with Crippen LogP contribution in [-0.4, -0.2) is 24.5 Å². The number of halogens is 1. The van der Waals surface area contributed by atoms with Gasteiger partial charge in [0.2, 0.25) is 0 Å². The lowest BCUT2D eigenvalue weighted by Crippen LogP contribution is -2.14. The molecule has 0 bridgehead atoms. The molecule has 21 heavy (non-hydrogen) atoms. The lowest BCUT2D eigenvalue weighted by Gasteiger charge is -2.11. The van der Waals surface area contributed by atoms with Crippen LogP contribution in [0.2, 0.25) is 0 Å². The van der Waals surface area contributed by atoms with Crippen LogP contribution < -0.4 is 4.72 Å². The minimum absolute atomic E-state index is 0.121. The van der Waals surface area contributed by atoms with Crippen LogP contribution in [0.25, 0.3) is 0 Å². The molecule has 2 aromatic rings. The maximum absolute atomic E-state index is 12.3. The van der Waals surface area contributed by atoms with E-state index >= 15 is 0 Å². The molecular formula is C13H11BrN2O4S. The van der Waals surface area contributed by atoms with Crippen LogP contribution in [0.3, 0.4) is 0 Å². The highest BCUT2D eigenvalue weighted by molar-refractivity contribution is 9.10. The van der Waals surface area contributed by atoms with E-state index in [9.17, 15) is 13.2 Å². The van der Waals surface area contributed by atoms with Gasteiger partial charge in [-0.05, 0) is 52.7 Å². The van der Waals surface area contributed by atoms with Crippen molar-refractivity contribution in [3.63, 3.8) is 0 Å². The molecule has 2 rings (SSSR count). The molecule has 0 amide bonds. The van der Waals surface area contributed by atoms with E-state index in [4.69, 9.17) is 5.11 Å². The van der Waals surface area contributed by atoms with Gasteiger partial charge in [-0.25, -0.2) is 13.2 Å². The van der Waals surface area contributed by atoms with E-state index in [-0.39, 0.29) is 10.5 Å². The molecule has 1 heterocycles. The molecule has 0 unspecified atom stereocenters. The van der Waals surface area contributed by atoms with Gasteiger partial charge in [0.25, 0.3) is 10.0 Å². The van der Waals surface area contributed by atoms with Gasteiger partial charge in [-0.3, -0.25) is 9.71 Å². The summed E-state index contributed by atoms with van der Waals surface area (Å²) in [5.74, 6) is -1.21. The number of carbonyl (C=O) groups is 1. The Morgan fingerprint density at radius 1 is 1.33 bits per heavy atom. The number of benzene rings is 1. The summed E-state index contributed by atoms with van der Waals surface area (Å²) < 4.78 is 27.3. The first-order chi connectivity index (χ1) is 9.81. The molecule has 0 radical (unpaired) electrons. The number of rotatable bonds is 4. The largest absolute Gasteiger partial charge is 0.478 e. The second kappa shape index (κ2) is 5.82. The molecule has 0 aliphatic carbocycles. The Kier molecular flexibility index (Phi) is 4.29. The van der Waals surface area contributed by atoms with E-state index < -0.39 is 16.0 Å². The highest BCUT2D eigenvalue weighted by Gasteiger charge is 2.19. The van der Waals surface area contributed by atoms with Gasteiger partial charge in [0.15, 0.2) is 0 Å². The molecule has 0 fully saturated rings. The lowest BCUT2D eigenvalue weighted by atomic mass is 10.2. The summed E-state index contributed by atoms with van der Waals surface area (Å²) in [6.07, 6.45) is 3.00. The number of carboxylic acids is 1.